The predicted octanol–water partition coefficient (Wildman–Crippen LogP) is 6.04. The molecule has 0 nitrogen and oxygen atoms in total. The highest BCUT2D eigenvalue weighted by atomic mass is 35.5. The third kappa shape index (κ3) is 3.39. The summed E-state index contributed by atoms with van der Waals surface area (Å²) < 4.78 is 0. The molecule has 4 bridgehead atoms. The van der Waals surface area contributed by atoms with Gasteiger partial charge in [-0.1, -0.05) is 0 Å². The Balaban J connectivity index is 1.77. The second kappa shape index (κ2) is 6.73. The molecule has 116 valence electrons. The first-order valence-corrected chi connectivity index (χ1v) is 9.85. The molecule has 0 N–H and O–H groups in total. The first-order valence-electron chi connectivity index (χ1n) is 8.11. The summed E-state index contributed by atoms with van der Waals surface area (Å²) >= 11 is 26.5. The van der Waals surface area contributed by atoms with E-state index in [4.69, 9.17) is 46.4 Å². The van der Waals surface area contributed by atoms with Crippen LogP contribution in [-0.4, -0.2) is 21.5 Å². The van der Waals surface area contributed by atoms with E-state index in [2.05, 4.69) is 0 Å². The summed E-state index contributed by atoms with van der Waals surface area (Å²) in [7, 11) is 0. The van der Waals surface area contributed by atoms with Gasteiger partial charge in [0.15, 0.2) is 0 Å². The van der Waals surface area contributed by atoms with Crippen LogP contribution in [0.4, 0.5) is 0 Å². The molecule has 6 fully saturated rings. The van der Waals surface area contributed by atoms with Crippen molar-refractivity contribution in [1.82, 2.24) is 0 Å². The minimum atomic E-state index is 0.313. The average molecular weight is 358 g/mol. The summed E-state index contributed by atoms with van der Waals surface area (Å²) in [5, 5.41) is 1.25. The van der Waals surface area contributed by atoms with Gasteiger partial charge in [0.2, 0.25) is 0 Å². The quantitative estimate of drug-likeness (QED) is 0.463. The number of hydrogen-bond acceptors (Lipinski definition) is 0. The first-order chi connectivity index (χ1) is 9.54. The molecule has 6 saturated carbocycles. The Hall–Kier alpha value is 1.16. The highest BCUT2D eigenvalue weighted by molar-refractivity contribution is 6.23. The van der Waals surface area contributed by atoms with Crippen LogP contribution in [0.15, 0.2) is 0 Å². The second-order valence-corrected chi connectivity index (χ2v) is 9.44. The minimum Gasteiger partial charge on any atom is -0.123 e. The van der Waals surface area contributed by atoms with E-state index in [1.165, 1.54) is 25.7 Å². The van der Waals surface area contributed by atoms with E-state index in [1.54, 1.807) is 0 Å². The van der Waals surface area contributed by atoms with E-state index in [9.17, 15) is 0 Å². The molecule has 0 aromatic heterocycles. The fourth-order valence-electron chi connectivity index (χ4n) is 4.57. The highest BCUT2D eigenvalue weighted by Crippen LogP contribution is 2.46. The Morgan fingerprint density at radius 2 is 0.600 bits per heavy atom. The lowest BCUT2D eigenvalue weighted by Gasteiger charge is -2.42. The van der Waals surface area contributed by atoms with Crippen LogP contribution in [0.3, 0.4) is 0 Å². The van der Waals surface area contributed by atoms with Gasteiger partial charge in [0.05, 0.1) is 0 Å². The zero-order valence-corrected chi connectivity index (χ0v) is 14.8. The second-order valence-electron chi connectivity index (χ2n) is 7.20. The minimum absolute atomic E-state index is 0.313. The van der Waals surface area contributed by atoms with Gasteiger partial charge in [-0.2, -0.15) is 0 Å². The average Bonchev–Trinajstić information content (AvgIpc) is 2.40. The van der Waals surface area contributed by atoms with Gasteiger partial charge in [-0.3, -0.25) is 0 Å². The summed E-state index contributed by atoms with van der Waals surface area (Å²) in [5.74, 6) is 2.30. The first kappa shape index (κ1) is 16.0. The van der Waals surface area contributed by atoms with Crippen LogP contribution in [-0.2, 0) is 0 Å². The van der Waals surface area contributed by atoms with Gasteiger partial charge in [0, 0.05) is 21.5 Å². The molecule has 0 saturated heterocycles. The van der Waals surface area contributed by atoms with Crippen molar-refractivity contribution in [2.24, 2.45) is 23.7 Å². The van der Waals surface area contributed by atoms with Gasteiger partial charge in [0.25, 0.3) is 0 Å². The molecule has 0 spiro atoms. The van der Waals surface area contributed by atoms with Crippen LogP contribution < -0.4 is 0 Å². The topological polar surface area (TPSA) is 0 Å². The van der Waals surface area contributed by atoms with Crippen LogP contribution >= 0.6 is 46.4 Å². The number of halogens is 4. The maximum Gasteiger partial charge on any atom is 0.0367 e. The van der Waals surface area contributed by atoms with E-state index in [0.717, 1.165) is 25.7 Å². The van der Waals surface area contributed by atoms with Gasteiger partial charge in [-0.05, 0) is 75.0 Å². The fourth-order valence-corrected chi connectivity index (χ4v) is 6.40. The lowest BCUT2D eigenvalue weighted by Crippen LogP contribution is -2.38. The van der Waals surface area contributed by atoms with Crippen molar-refractivity contribution in [3.63, 3.8) is 0 Å². The van der Waals surface area contributed by atoms with Crippen molar-refractivity contribution in [3.8, 4) is 0 Å². The van der Waals surface area contributed by atoms with E-state index in [0.29, 0.717) is 45.2 Å². The third-order valence-corrected chi connectivity index (χ3v) is 8.11. The Kier molecular flexibility index (Phi) is 5.40. The Bertz CT molecular complexity index is 270. The molecule has 0 radical (unpaired) electrons. The smallest absolute Gasteiger partial charge is 0.0367 e. The molecule has 6 aliphatic rings. The highest BCUT2D eigenvalue weighted by Gasteiger charge is 2.40. The van der Waals surface area contributed by atoms with Gasteiger partial charge in [-0.25, -0.2) is 0 Å². The molecule has 6 aliphatic carbocycles. The van der Waals surface area contributed by atoms with Gasteiger partial charge < -0.3 is 0 Å². The summed E-state index contributed by atoms with van der Waals surface area (Å²) in [6.07, 6.45) is 9.06. The molecule has 0 aliphatic heterocycles. The fraction of sp³-hybridized carbons (Fsp3) is 1.00. The maximum absolute atomic E-state index is 6.62. The lowest BCUT2D eigenvalue weighted by atomic mass is 9.70. The standard InChI is InChI=1S/C16H24Cl4/c17-13-7-11-3-4-12-8-15(19)10(6-16(12)20)2-1-9(13)5-14(11)18/h9-16H,1-8H2. The molecule has 0 aromatic carbocycles. The number of alkyl halides is 4. The van der Waals surface area contributed by atoms with Gasteiger partial charge in [0.1, 0.15) is 0 Å². The van der Waals surface area contributed by atoms with Gasteiger partial charge >= 0.3 is 0 Å². The van der Waals surface area contributed by atoms with E-state index in [-0.39, 0.29) is 0 Å². The summed E-state index contributed by atoms with van der Waals surface area (Å²) in [6, 6.07) is 0. The van der Waals surface area contributed by atoms with Crippen LogP contribution in [0.2, 0.25) is 0 Å². The Morgan fingerprint density at radius 3 is 0.800 bits per heavy atom. The Morgan fingerprint density at radius 1 is 0.400 bits per heavy atom. The summed E-state index contributed by atoms with van der Waals surface area (Å²) in [4.78, 5) is 0. The molecule has 20 heavy (non-hydrogen) atoms. The molecular formula is C16H24Cl4. The molecule has 0 amide bonds. The monoisotopic (exact) mass is 356 g/mol. The number of hydrogen-bond donors (Lipinski definition) is 0. The van der Waals surface area contributed by atoms with Crippen LogP contribution in [0.5, 0.6) is 0 Å². The molecular weight excluding hydrogens is 334 g/mol. The summed E-state index contributed by atoms with van der Waals surface area (Å²) in [5.41, 5.74) is 0. The van der Waals surface area contributed by atoms with Crippen molar-refractivity contribution in [1.29, 1.82) is 0 Å². The molecule has 0 heterocycles. The maximum atomic E-state index is 6.62. The normalized spacial score (nSPS) is 53.4. The van der Waals surface area contributed by atoms with E-state index in [1.807, 2.05) is 0 Å². The van der Waals surface area contributed by atoms with Crippen molar-refractivity contribution in [2.45, 2.75) is 72.9 Å². The molecule has 8 unspecified atom stereocenters. The zero-order valence-electron chi connectivity index (χ0n) is 11.8. The summed E-state index contributed by atoms with van der Waals surface area (Å²) in [6.45, 7) is 0. The van der Waals surface area contributed by atoms with Crippen LogP contribution in [0.25, 0.3) is 0 Å². The molecule has 8 atom stereocenters. The van der Waals surface area contributed by atoms with E-state index >= 15 is 0 Å². The Labute approximate surface area is 142 Å². The lowest BCUT2D eigenvalue weighted by molar-refractivity contribution is 0.187. The van der Waals surface area contributed by atoms with E-state index < -0.39 is 0 Å². The predicted molar refractivity (Wildman–Crippen MR) is 89.5 cm³/mol. The van der Waals surface area contributed by atoms with Crippen LogP contribution in [0, 0.1) is 23.7 Å². The zero-order chi connectivity index (χ0) is 14.3. The number of rotatable bonds is 0. The molecule has 4 heteroatoms. The van der Waals surface area contributed by atoms with Crippen molar-refractivity contribution >= 4 is 46.4 Å². The molecule has 0 aromatic rings. The van der Waals surface area contributed by atoms with Crippen LogP contribution in [0.1, 0.15) is 51.4 Å². The molecule has 6 rings (SSSR count). The third-order valence-electron chi connectivity index (χ3n) is 5.97. The van der Waals surface area contributed by atoms with Gasteiger partial charge in [-0.15, -0.1) is 46.4 Å². The van der Waals surface area contributed by atoms with Crippen molar-refractivity contribution in [2.75, 3.05) is 0 Å². The van der Waals surface area contributed by atoms with Crippen molar-refractivity contribution < 1.29 is 0 Å². The van der Waals surface area contributed by atoms with Crippen molar-refractivity contribution in [3.05, 3.63) is 0 Å². The SMILES string of the molecule is ClC1CC2CCC3CC(Cl)C(CCC1CC2Cl)CC3Cl. The largest absolute Gasteiger partial charge is 0.123 e.